The van der Waals surface area contributed by atoms with Gasteiger partial charge in [-0.05, 0) is 20.3 Å². The van der Waals surface area contributed by atoms with E-state index in [1.807, 2.05) is 17.8 Å². The molecule has 0 saturated heterocycles. The topological polar surface area (TPSA) is 30.7 Å². The molecule has 0 aliphatic carbocycles. The van der Waals surface area contributed by atoms with Crippen LogP contribution in [0.3, 0.4) is 0 Å². The Balaban J connectivity index is 2.77. The fourth-order valence-corrected chi connectivity index (χ4v) is 0.975. The van der Waals surface area contributed by atoms with Crippen molar-refractivity contribution in [2.45, 2.75) is 38.6 Å². The van der Waals surface area contributed by atoms with Gasteiger partial charge in [0.1, 0.15) is 5.69 Å². The van der Waals surface area contributed by atoms with Crippen LogP contribution in [0.1, 0.15) is 44.3 Å². The molecular weight excluding hydrogens is 174 g/mol. The minimum atomic E-state index is -0.0530. The summed E-state index contributed by atoms with van der Waals surface area (Å²) in [6, 6.07) is 0.404. The number of hydrogen-bond donors (Lipinski definition) is 0. The van der Waals surface area contributed by atoms with Crippen molar-refractivity contribution in [2.75, 3.05) is 0 Å². The van der Waals surface area contributed by atoms with Crippen molar-refractivity contribution in [3.05, 3.63) is 11.9 Å². The van der Waals surface area contributed by atoms with Crippen molar-refractivity contribution in [1.82, 2.24) is 15.0 Å². The van der Waals surface area contributed by atoms with E-state index in [1.165, 1.54) is 0 Å². The van der Waals surface area contributed by atoms with E-state index in [0.29, 0.717) is 6.04 Å². The molecule has 0 spiro atoms. The SMILES string of the molecule is CCC(C)n1cc(C(C)Cl)nn1. The van der Waals surface area contributed by atoms with Crippen molar-refractivity contribution in [3.8, 4) is 0 Å². The molecule has 1 heterocycles. The molecule has 1 aromatic rings. The molecule has 12 heavy (non-hydrogen) atoms. The molecule has 1 aromatic heterocycles. The monoisotopic (exact) mass is 187 g/mol. The summed E-state index contributed by atoms with van der Waals surface area (Å²) in [5.41, 5.74) is 0.844. The highest BCUT2D eigenvalue weighted by molar-refractivity contribution is 6.20. The van der Waals surface area contributed by atoms with E-state index in [4.69, 9.17) is 11.6 Å². The van der Waals surface area contributed by atoms with Gasteiger partial charge in [-0.1, -0.05) is 12.1 Å². The van der Waals surface area contributed by atoms with Crippen LogP contribution in [-0.2, 0) is 0 Å². The van der Waals surface area contributed by atoms with Crippen LogP contribution in [0.25, 0.3) is 0 Å². The first-order valence-corrected chi connectivity index (χ1v) is 4.64. The zero-order valence-electron chi connectivity index (χ0n) is 7.66. The van der Waals surface area contributed by atoms with Gasteiger partial charge in [0.2, 0.25) is 0 Å². The fourth-order valence-electron chi connectivity index (χ4n) is 0.875. The highest BCUT2D eigenvalue weighted by Crippen LogP contribution is 2.17. The minimum Gasteiger partial charge on any atom is -0.249 e. The molecule has 3 nitrogen and oxygen atoms in total. The normalized spacial score (nSPS) is 16.0. The van der Waals surface area contributed by atoms with Crippen molar-refractivity contribution >= 4 is 11.6 Å². The van der Waals surface area contributed by atoms with E-state index in [-0.39, 0.29) is 5.38 Å². The molecule has 4 heteroatoms. The van der Waals surface area contributed by atoms with Crippen LogP contribution in [0.2, 0.25) is 0 Å². The van der Waals surface area contributed by atoms with Gasteiger partial charge < -0.3 is 0 Å². The van der Waals surface area contributed by atoms with Crippen LogP contribution < -0.4 is 0 Å². The summed E-state index contributed by atoms with van der Waals surface area (Å²) in [6.45, 7) is 6.13. The van der Waals surface area contributed by atoms with Crippen molar-refractivity contribution in [1.29, 1.82) is 0 Å². The summed E-state index contributed by atoms with van der Waals surface area (Å²) in [6.07, 6.45) is 2.96. The first kappa shape index (κ1) is 9.52. The zero-order chi connectivity index (χ0) is 9.14. The average Bonchev–Trinajstić information content (AvgIpc) is 2.51. The third-order valence-electron chi connectivity index (χ3n) is 1.98. The highest BCUT2D eigenvalue weighted by Gasteiger charge is 2.09. The summed E-state index contributed by atoms with van der Waals surface area (Å²) in [5, 5.41) is 7.90. The third kappa shape index (κ3) is 1.97. The zero-order valence-corrected chi connectivity index (χ0v) is 8.41. The average molecular weight is 188 g/mol. The van der Waals surface area contributed by atoms with Gasteiger partial charge in [0.05, 0.1) is 17.6 Å². The number of halogens is 1. The van der Waals surface area contributed by atoms with E-state index in [9.17, 15) is 0 Å². The lowest BCUT2D eigenvalue weighted by Gasteiger charge is -2.06. The molecule has 0 N–H and O–H groups in total. The maximum atomic E-state index is 5.85. The lowest BCUT2D eigenvalue weighted by Crippen LogP contribution is -2.03. The van der Waals surface area contributed by atoms with Crippen LogP contribution in [0.4, 0.5) is 0 Å². The largest absolute Gasteiger partial charge is 0.249 e. The van der Waals surface area contributed by atoms with Gasteiger partial charge in [-0.3, -0.25) is 0 Å². The second-order valence-electron chi connectivity index (χ2n) is 3.00. The predicted molar refractivity (Wildman–Crippen MR) is 49.3 cm³/mol. The summed E-state index contributed by atoms with van der Waals surface area (Å²) < 4.78 is 1.86. The Bertz CT molecular complexity index is 244. The highest BCUT2D eigenvalue weighted by atomic mass is 35.5. The smallest absolute Gasteiger partial charge is 0.100 e. The molecule has 0 aromatic carbocycles. The van der Waals surface area contributed by atoms with Gasteiger partial charge in [0, 0.05) is 0 Å². The summed E-state index contributed by atoms with van der Waals surface area (Å²) in [4.78, 5) is 0. The molecule has 0 aliphatic rings. The van der Waals surface area contributed by atoms with E-state index < -0.39 is 0 Å². The van der Waals surface area contributed by atoms with Crippen LogP contribution in [-0.4, -0.2) is 15.0 Å². The summed E-state index contributed by atoms with van der Waals surface area (Å²) in [7, 11) is 0. The van der Waals surface area contributed by atoms with Gasteiger partial charge >= 0.3 is 0 Å². The van der Waals surface area contributed by atoms with Crippen LogP contribution in [0, 0.1) is 0 Å². The molecule has 0 saturated carbocycles. The quantitative estimate of drug-likeness (QED) is 0.681. The van der Waals surface area contributed by atoms with Gasteiger partial charge in [0.15, 0.2) is 0 Å². The van der Waals surface area contributed by atoms with Gasteiger partial charge in [-0.15, -0.1) is 16.7 Å². The lowest BCUT2D eigenvalue weighted by molar-refractivity contribution is 0.464. The molecule has 0 aliphatic heterocycles. The van der Waals surface area contributed by atoms with E-state index >= 15 is 0 Å². The first-order chi connectivity index (χ1) is 5.65. The Hall–Kier alpha value is -0.570. The maximum absolute atomic E-state index is 5.85. The molecule has 0 radical (unpaired) electrons. The minimum absolute atomic E-state index is 0.0530. The molecule has 0 fully saturated rings. The molecule has 0 bridgehead atoms. The second kappa shape index (κ2) is 3.90. The number of aromatic nitrogens is 3. The van der Waals surface area contributed by atoms with Crippen molar-refractivity contribution in [2.24, 2.45) is 0 Å². The Morgan fingerprint density at radius 3 is 2.67 bits per heavy atom. The lowest BCUT2D eigenvalue weighted by atomic mass is 10.3. The van der Waals surface area contributed by atoms with E-state index in [1.54, 1.807) is 0 Å². The molecule has 2 unspecified atom stereocenters. The molecule has 0 amide bonds. The predicted octanol–water partition coefficient (Wildman–Crippen LogP) is 2.55. The first-order valence-electron chi connectivity index (χ1n) is 4.21. The molecule has 2 atom stereocenters. The van der Waals surface area contributed by atoms with Crippen LogP contribution in [0.5, 0.6) is 0 Å². The molecule has 68 valence electrons. The molecule has 1 rings (SSSR count). The number of rotatable bonds is 3. The number of nitrogens with zero attached hydrogens (tertiary/aromatic N) is 3. The standard InChI is InChI=1S/C8H14ClN3/c1-4-6(2)12-5-8(7(3)9)10-11-12/h5-7H,4H2,1-3H3. The Morgan fingerprint density at radius 1 is 1.58 bits per heavy atom. The summed E-state index contributed by atoms with van der Waals surface area (Å²) in [5.74, 6) is 0. The van der Waals surface area contributed by atoms with Gasteiger partial charge in [-0.25, -0.2) is 4.68 Å². The van der Waals surface area contributed by atoms with Gasteiger partial charge in [0.25, 0.3) is 0 Å². The molecular formula is C8H14ClN3. The Labute approximate surface area is 77.7 Å². The Morgan fingerprint density at radius 2 is 2.25 bits per heavy atom. The summed E-state index contributed by atoms with van der Waals surface area (Å²) >= 11 is 5.85. The maximum Gasteiger partial charge on any atom is 0.100 e. The van der Waals surface area contributed by atoms with E-state index in [0.717, 1.165) is 12.1 Å². The third-order valence-corrected chi connectivity index (χ3v) is 2.20. The van der Waals surface area contributed by atoms with Gasteiger partial charge in [-0.2, -0.15) is 0 Å². The van der Waals surface area contributed by atoms with Crippen molar-refractivity contribution < 1.29 is 0 Å². The van der Waals surface area contributed by atoms with Crippen molar-refractivity contribution in [3.63, 3.8) is 0 Å². The van der Waals surface area contributed by atoms with Crippen LogP contribution in [0.15, 0.2) is 6.20 Å². The Kier molecular flexibility index (Phi) is 3.09. The number of hydrogen-bond acceptors (Lipinski definition) is 2. The van der Waals surface area contributed by atoms with E-state index in [2.05, 4.69) is 24.2 Å². The fraction of sp³-hybridized carbons (Fsp3) is 0.750. The van der Waals surface area contributed by atoms with Crippen LogP contribution >= 0.6 is 11.6 Å². The number of alkyl halides is 1. The second-order valence-corrected chi connectivity index (χ2v) is 3.65.